The molecule has 0 atom stereocenters. The van der Waals surface area contributed by atoms with Crippen LogP contribution in [0, 0.1) is 0 Å². The zero-order valence-corrected chi connectivity index (χ0v) is 2.94. The summed E-state index contributed by atoms with van der Waals surface area (Å²) in [5.41, 5.74) is 9.02. The first-order valence-corrected chi connectivity index (χ1v) is 2.15. The smallest absolute Gasteiger partial charge is 0.173 e. The van der Waals surface area contributed by atoms with Crippen molar-refractivity contribution in [1.29, 1.82) is 0 Å². The van der Waals surface area contributed by atoms with Gasteiger partial charge in [0.15, 0.2) is 8.45 Å². The normalized spacial score (nSPS) is 9.00. The molecule has 3 nitrogen and oxygen atoms in total. The molecule has 0 rings (SSSR count). The van der Waals surface area contributed by atoms with Crippen molar-refractivity contribution < 1.29 is 4.89 Å². The van der Waals surface area contributed by atoms with Crippen molar-refractivity contribution in [3.8, 4) is 0 Å². The summed E-state index contributed by atoms with van der Waals surface area (Å²) in [6.45, 7) is 0. The largest absolute Gasteiger partial charge is 0.348 e. The van der Waals surface area contributed by atoms with E-state index < -0.39 is 8.45 Å². The highest BCUT2D eigenvalue weighted by atomic mass is 31.2. The van der Waals surface area contributed by atoms with Gasteiger partial charge in [0.05, 0.1) is 0 Å². The third kappa shape index (κ3) is 41.3. The average Bonchev–Trinajstić information content (AvgIpc) is 0.811. The number of rotatable bonds is 0. The Balaban J connectivity index is 2.32. The van der Waals surface area contributed by atoms with Gasteiger partial charge in [-0.15, -0.1) is 0 Å². The third-order valence-corrected chi connectivity index (χ3v) is 0. The Morgan fingerprint density at radius 1 is 1.50 bits per heavy atom. The molecule has 26 valence electrons. The molecule has 0 spiro atoms. The maximum Gasteiger partial charge on any atom is 0.173 e. The second kappa shape index (κ2) is 1.61. The molecule has 0 aliphatic carbocycles. The van der Waals surface area contributed by atoms with Crippen LogP contribution in [0.1, 0.15) is 0 Å². The van der Waals surface area contributed by atoms with Crippen molar-refractivity contribution in [2.75, 3.05) is 0 Å². The molecule has 0 heterocycles. The molecule has 0 saturated carbocycles. The lowest BCUT2D eigenvalue weighted by molar-refractivity contribution is 0.627. The van der Waals surface area contributed by atoms with Gasteiger partial charge in [0.25, 0.3) is 0 Å². The molecule has 0 saturated heterocycles. The maximum atomic E-state index is 7.68. The fraction of sp³-hybridized carbons (Fsp3) is 0. The van der Waals surface area contributed by atoms with E-state index in [1.165, 1.54) is 0 Å². The fourth-order valence-corrected chi connectivity index (χ4v) is 0. The van der Waals surface area contributed by atoms with Crippen LogP contribution in [0.3, 0.4) is 0 Å². The van der Waals surface area contributed by atoms with Crippen LogP contribution in [-0.4, -0.2) is 4.89 Å². The molecule has 0 aromatic rings. The van der Waals surface area contributed by atoms with Gasteiger partial charge in [-0.25, -0.2) is 0 Å². The van der Waals surface area contributed by atoms with Gasteiger partial charge in [0.2, 0.25) is 0 Å². The summed E-state index contributed by atoms with van der Waals surface area (Å²) < 4.78 is 0. The summed E-state index contributed by atoms with van der Waals surface area (Å²) >= 11 is 0. The fourth-order valence-electron chi connectivity index (χ4n) is 0. The molecule has 4 heavy (non-hydrogen) atoms. The van der Waals surface area contributed by atoms with Crippen LogP contribution in [0.5, 0.6) is 0 Å². The number of hydrogen-bond acceptors (Lipinski definition) is 3. The predicted octanol–water partition coefficient (Wildman–Crippen LogP) is -0.877. The first-order valence-electron chi connectivity index (χ1n) is 0.716. The summed E-state index contributed by atoms with van der Waals surface area (Å²) in [6.07, 6.45) is 0. The van der Waals surface area contributed by atoms with Crippen LogP contribution in [0.15, 0.2) is 0 Å². The molecule has 0 aliphatic rings. The molecule has 0 amide bonds. The van der Waals surface area contributed by atoms with E-state index in [0.29, 0.717) is 0 Å². The molecule has 0 aromatic heterocycles. The Bertz CT molecular complexity index is 10.8. The third-order valence-electron chi connectivity index (χ3n) is 0. The van der Waals surface area contributed by atoms with Gasteiger partial charge in [-0.05, 0) is 0 Å². The van der Waals surface area contributed by atoms with Gasteiger partial charge < -0.3 is 4.89 Å². The Morgan fingerprint density at radius 2 is 1.50 bits per heavy atom. The molecule has 0 radical (unpaired) electrons. The molecule has 0 aliphatic heterocycles. The highest BCUT2D eigenvalue weighted by molar-refractivity contribution is 7.46. The van der Waals surface area contributed by atoms with E-state index in [0.717, 1.165) is 0 Å². The summed E-state index contributed by atoms with van der Waals surface area (Å²) in [5, 5.41) is 0. The standard InChI is InChI=1S/H5N2OP/c1-4(2)3/h3H,1-2H2. The van der Waals surface area contributed by atoms with Gasteiger partial charge in [0, 0.05) is 0 Å². The SMILES string of the molecule is NP(N)O. The van der Waals surface area contributed by atoms with E-state index in [9.17, 15) is 0 Å². The van der Waals surface area contributed by atoms with E-state index in [-0.39, 0.29) is 0 Å². The molecular formula is H5N2OP. The molecule has 0 aromatic carbocycles. The number of hydrogen-bond donors (Lipinski definition) is 3. The first-order chi connectivity index (χ1) is 1.73. The molecule has 0 bridgehead atoms. The van der Waals surface area contributed by atoms with Crippen LogP contribution < -0.4 is 11.0 Å². The zero-order valence-electron chi connectivity index (χ0n) is 2.05. The highest BCUT2D eigenvalue weighted by Crippen LogP contribution is 1.97. The second-order valence-electron chi connectivity index (χ2n) is 0.380. The number of nitrogens with two attached hydrogens (primary N) is 2. The van der Waals surface area contributed by atoms with Gasteiger partial charge in [-0.1, -0.05) is 0 Å². The van der Waals surface area contributed by atoms with Crippen LogP contribution in [0.2, 0.25) is 0 Å². The Morgan fingerprint density at radius 3 is 1.50 bits per heavy atom. The summed E-state index contributed by atoms with van der Waals surface area (Å²) in [7, 11) is -1.62. The second-order valence-corrected chi connectivity index (χ2v) is 1.14. The van der Waals surface area contributed by atoms with Crippen LogP contribution in [-0.2, 0) is 0 Å². The van der Waals surface area contributed by atoms with Crippen molar-refractivity contribution in [2.45, 2.75) is 0 Å². The predicted molar refractivity (Wildman–Crippen MR) is 17.5 cm³/mol. The molecular weight excluding hydrogens is 75.0 g/mol. The minimum absolute atomic E-state index is 1.62. The van der Waals surface area contributed by atoms with Crippen molar-refractivity contribution >= 4 is 8.45 Å². The van der Waals surface area contributed by atoms with Crippen LogP contribution in [0.4, 0.5) is 0 Å². The van der Waals surface area contributed by atoms with Gasteiger partial charge >= 0.3 is 0 Å². The molecule has 5 N–H and O–H groups in total. The van der Waals surface area contributed by atoms with Gasteiger partial charge in [-0.2, -0.15) is 0 Å². The molecule has 0 unspecified atom stereocenters. The average molecular weight is 80.0 g/mol. The first kappa shape index (κ1) is 4.31. The quantitative estimate of drug-likeness (QED) is 0.331. The summed E-state index contributed by atoms with van der Waals surface area (Å²) in [5.74, 6) is 0. The molecule has 4 heteroatoms. The van der Waals surface area contributed by atoms with Crippen molar-refractivity contribution in [3.05, 3.63) is 0 Å². The van der Waals surface area contributed by atoms with E-state index in [2.05, 4.69) is 11.0 Å². The van der Waals surface area contributed by atoms with Crippen molar-refractivity contribution in [2.24, 2.45) is 11.0 Å². The van der Waals surface area contributed by atoms with E-state index >= 15 is 0 Å². The van der Waals surface area contributed by atoms with E-state index in [1.54, 1.807) is 0 Å². The monoisotopic (exact) mass is 80.0 g/mol. The van der Waals surface area contributed by atoms with E-state index in [1.807, 2.05) is 0 Å². The molecule has 0 fully saturated rings. The Labute approximate surface area is 25.5 Å². The minimum atomic E-state index is -1.62. The lowest BCUT2D eigenvalue weighted by Crippen LogP contribution is -1.93. The lowest BCUT2D eigenvalue weighted by Gasteiger charge is -1.81. The summed E-state index contributed by atoms with van der Waals surface area (Å²) in [6, 6.07) is 0. The topological polar surface area (TPSA) is 72.3 Å². The van der Waals surface area contributed by atoms with Gasteiger partial charge in [-0.3, -0.25) is 11.0 Å². The van der Waals surface area contributed by atoms with Crippen LogP contribution in [0.25, 0.3) is 0 Å². The lowest BCUT2D eigenvalue weighted by atomic mass is 13.9. The van der Waals surface area contributed by atoms with Gasteiger partial charge in [0.1, 0.15) is 0 Å². The Kier molecular flexibility index (Phi) is 1.74. The zero-order chi connectivity index (χ0) is 3.58. The van der Waals surface area contributed by atoms with Crippen molar-refractivity contribution in [3.63, 3.8) is 0 Å². The Hall–Kier alpha value is 0.310. The summed E-state index contributed by atoms with van der Waals surface area (Å²) in [4.78, 5) is 7.68. The highest BCUT2D eigenvalue weighted by Gasteiger charge is 1.69. The minimum Gasteiger partial charge on any atom is -0.348 e. The van der Waals surface area contributed by atoms with E-state index in [4.69, 9.17) is 4.89 Å². The van der Waals surface area contributed by atoms with Crippen molar-refractivity contribution in [1.82, 2.24) is 0 Å². The van der Waals surface area contributed by atoms with Crippen LogP contribution >= 0.6 is 8.45 Å². The maximum absolute atomic E-state index is 7.68.